The second-order valence-electron chi connectivity index (χ2n) is 7.71. The lowest BCUT2D eigenvalue weighted by molar-refractivity contribution is 0.110. The first-order chi connectivity index (χ1) is 14.3. The smallest absolute Gasteiger partial charge is 0.119 e. The molecule has 1 saturated carbocycles. The average molecular weight is 398 g/mol. The summed E-state index contributed by atoms with van der Waals surface area (Å²) >= 11 is 0. The van der Waals surface area contributed by atoms with Crippen molar-refractivity contribution in [3.63, 3.8) is 0 Å². The number of ether oxygens (including phenoxy) is 3. The Bertz CT molecular complexity index is 695. The van der Waals surface area contributed by atoms with E-state index in [0.29, 0.717) is 13.2 Å². The van der Waals surface area contributed by atoms with Crippen LogP contribution in [0.25, 0.3) is 0 Å². The minimum atomic E-state index is 0.576. The highest BCUT2D eigenvalue weighted by Crippen LogP contribution is 2.26. The van der Waals surface area contributed by atoms with Gasteiger partial charge >= 0.3 is 0 Å². The molecule has 2 aromatic carbocycles. The lowest BCUT2D eigenvalue weighted by Gasteiger charge is -2.21. The van der Waals surface area contributed by atoms with Gasteiger partial charge in [0.1, 0.15) is 18.1 Å². The van der Waals surface area contributed by atoms with Crippen LogP contribution in [-0.4, -0.2) is 26.4 Å². The minimum Gasteiger partial charge on any atom is -0.494 e. The van der Waals surface area contributed by atoms with Crippen molar-refractivity contribution in [1.82, 2.24) is 0 Å². The Morgan fingerprint density at radius 3 is 2.45 bits per heavy atom. The van der Waals surface area contributed by atoms with E-state index in [2.05, 4.69) is 41.7 Å². The predicted molar refractivity (Wildman–Crippen MR) is 119 cm³/mol. The molecule has 1 aliphatic rings. The fourth-order valence-electron chi connectivity index (χ4n) is 3.80. The van der Waals surface area contributed by atoms with E-state index in [-0.39, 0.29) is 0 Å². The van der Waals surface area contributed by atoms with Crippen molar-refractivity contribution < 1.29 is 14.2 Å². The van der Waals surface area contributed by atoms with E-state index in [1.807, 2.05) is 19.1 Å². The highest BCUT2D eigenvalue weighted by atomic mass is 16.5. The highest BCUT2D eigenvalue weighted by Gasteiger charge is 2.13. The third kappa shape index (κ3) is 7.98. The standard InChI is InChI=1S/C25H35NO3/c1-2-27-17-18-29-25-10-6-9-22(19-25)20-26-23-11-13-24(14-12-23)28-16-15-21-7-4-3-5-8-21/h6,9-14,19,21,26H,2-5,7-8,15-18,20H2,1H3. The molecule has 4 nitrogen and oxygen atoms in total. The molecular weight excluding hydrogens is 362 g/mol. The van der Waals surface area contributed by atoms with Crippen LogP contribution in [0.5, 0.6) is 11.5 Å². The van der Waals surface area contributed by atoms with Crippen molar-refractivity contribution in [2.45, 2.75) is 52.0 Å². The van der Waals surface area contributed by atoms with Crippen molar-refractivity contribution in [2.24, 2.45) is 5.92 Å². The maximum atomic E-state index is 5.94. The van der Waals surface area contributed by atoms with Crippen molar-refractivity contribution in [3.05, 3.63) is 54.1 Å². The summed E-state index contributed by atoms with van der Waals surface area (Å²) in [6.07, 6.45) is 8.15. The van der Waals surface area contributed by atoms with E-state index in [1.54, 1.807) is 0 Å². The molecule has 2 aromatic rings. The number of hydrogen-bond donors (Lipinski definition) is 1. The molecule has 0 saturated heterocycles. The Kier molecular flexibility index (Phi) is 9.18. The van der Waals surface area contributed by atoms with Gasteiger partial charge in [0.15, 0.2) is 0 Å². The first-order valence-electron chi connectivity index (χ1n) is 11.1. The van der Waals surface area contributed by atoms with E-state index < -0.39 is 0 Å². The Morgan fingerprint density at radius 2 is 1.66 bits per heavy atom. The Balaban J connectivity index is 1.38. The van der Waals surface area contributed by atoms with Gasteiger partial charge in [0.2, 0.25) is 0 Å². The SMILES string of the molecule is CCOCCOc1cccc(CNc2ccc(OCCC3CCCCC3)cc2)c1. The molecule has 4 heteroatoms. The monoisotopic (exact) mass is 397 g/mol. The Morgan fingerprint density at radius 1 is 0.862 bits per heavy atom. The van der Waals surface area contributed by atoms with Gasteiger partial charge in [0.25, 0.3) is 0 Å². The summed E-state index contributed by atoms with van der Waals surface area (Å²) in [4.78, 5) is 0. The largest absolute Gasteiger partial charge is 0.494 e. The zero-order chi connectivity index (χ0) is 20.2. The van der Waals surface area contributed by atoms with E-state index in [0.717, 1.165) is 42.9 Å². The predicted octanol–water partition coefficient (Wildman–Crippen LogP) is 6.06. The maximum absolute atomic E-state index is 5.94. The summed E-state index contributed by atoms with van der Waals surface area (Å²) in [5, 5.41) is 3.46. The van der Waals surface area contributed by atoms with Gasteiger partial charge in [-0.25, -0.2) is 0 Å². The molecule has 0 radical (unpaired) electrons. The van der Waals surface area contributed by atoms with Gasteiger partial charge in [-0.1, -0.05) is 44.2 Å². The number of benzene rings is 2. The molecular formula is C25H35NO3. The highest BCUT2D eigenvalue weighted by molar-refractivity contribution is 5.47. The zero-order valence-corrected chi connectivity index (χ0v) is 17.7. The number of hydrogen-bond acceptors (Lipinski definition) is 4. The molecule has 0 aromatic heterocycles. The topological polar surface area (TPSA) is 39.7 Å². The van der Waals surface area contributed by atoms with E-state index in [1.165, 1.54) is 44.1 Å². The Hall–Kier alpha value is -2.20. The molecule has 29 heavy (non-hydrogen) atoms. The fourth-order valence-corrected chi connectivity index (χ4v) is 3.80. The van der Waals surface area contributed by atoms with Crippen LogP contribution < -0.4 is 14.8 Å². The molecule has 1 fully saturated rings. The van der Waals surface area contributed by atoms with Crippen LogP contribution in [0.1, 0.15) is 51.0 Å². The van der Waals surface area contributed by atoms with Crippen molar-refractivity contribution in [2.75, 3.05) is 31.7 Å². The molecule has 0 spiro atoms. The second-order valence-corrected chi connectivity index (χ2v) is 7.71. The number of anilines is 1. The molecule has 158 valence electrons. The van der Waals surface area contributed by atoms with Crippen LogP contribution in [0.4, 0.5) is 5.69 Å². The minimum absolute atomic E-state index is 0.576. The molecule has 0 unspecified atom stereocenters. The lowest BCUT2D eigenvalue weighted by atomic mass is 9.87. The first-order valence-corrected chi connectivity index (χ1v) is 11.1. The number of rotatable bonds is 12. The summed E-state index contributed by atoms with van der Waals surface area (Å²) < 4.78 is 17.0. The van der Waals surface area contributed by atoms with Crippen LogP contribution in [0.3, 0.4) is 0 Å². The van der Waals surface area contributed by atoms with Crippen molar-refractivity contribution in [3.8, 4) is 11.5 Å². The van der Waals surface area contributed by atoms with Gasteiger partial charge in [-0.2, -0.15) is 0 Å². The lowest BCUT2D eigenvalue weighted by Crippen LogP contribution is -2.10. The summed E-state index contributed by atoms with van der Waals surface area (Å²) in [6, 6.07) is 16.4. The van der Waals surface area contributed by atoms with Crippen LogP contribution in [-0.2, 0) is 11.3 Å². The fraction of sp³-hybridized carbons (Fsp3) is 0.520. The van der Waals surface area contributed by atoms with Crippen LogP contribution in [0.2, 0.25) is 0 Å². The molecule has 0 amide bonds. The first kappa shape index (κ1) is 21.5. The quantitative estimate of drug-likeness (QED) is 0.442. The summed E-state index contributed by atoms with van der Waals surface area (Å²) in [6.45, 7) is 5.49. The van der Waals surface area contributed by atoms with Crippen LogP contribution >= 0.6 is 0 Å². The average Bonchev–Trinajstić information content (AvgIpc) is 2.77. The molecule has 0 aliphatic heterocycles. The summed E-state index contributed by atoms with van der Waals surface area (Å²) in [7, 11) is 0. The molecule has 0 heterocycles. The Labute approximate surface area is 175 Å². The van der Waals surface area contributed by atoms with Gasteiger partial charge in [0, 0.05) is 18.8 Å². The van der Waals surface area contributed by atoms with E-state index >= 15 is 0 Å². The molecule has 0 atom stereocenters. The van der Waals surface area contributed by atoms with E-state index in [9.17, 15) is 0 Å². The number of nitrogens with one attached hydrogen (secondary N) is 1. The third-order valence-electron chi connectivity index (χ3n) is 5.47. The second kappa shape index (κ2) is 12.4. The van der Waals surface area contributed by atoms with Gasteiger partial charge in [0.05, 0.1) is 13.2 Å². The van der Waals surface area contributed by atoms with Crippen molar-refractivity contribution in [1.29, 1.82) is 0 Å². The molecule has 3 rings (SSSR count). The van der Waals surface area contributed by atoms with Gasteiger partial charge < -0.3 is 19.5 Å². The van der Waals surface area contributed by atoms with Crippen LogP contribution in [0, 0.1) is 5.92 Å². The van der Waals surface area contributed by atoms with Crippen LogP contribution in [0.15, 0.2) is 48.5 Å². The van der Waals surface area contributed by atoms with E-state index in [4.69, 9.17) is 14.2 Å². The normalized spacial score (nSPS) is 14.5. The molecule has 0 bridgehead atoms. The van der Waals surface area contributed by atoms with Gasteiger partial charge in [-0.15, -0.1) is 0 Å². The molecule has 1 N–H and O–H groups in total. The van der Waals surface area contributed by atoms with Crippen molar-refractivity contribution >= 4 is 5.69 Å². The summed E-state index contributed by atoms with van der Waals surface area (Å²) in [5.41, 5.74) is 2.28. The van der Waals surface area contributed by atoms with Gasteiger partial charge in [-0.3, -0.25) is 0 Å². The zero-order valence-electron chi connectivity index (χ0n) is 17.7. The van der Waals surface area contributed by atoms with Gasteiger partial charge in [-0.05, 0) is 61.2 Å². The maximum Gasteiger partial charge on any atom is 0.119 e. The third-order valence-corrected chi connectivity index (χ3v) is 5.47. The summed E-state index contributed by atoms with van der Waals surface area (Å²) in [5.74, 6) is 2.70. The molecule has 1 aliphatic carbocycles.